The molecule has 0 N–H and O–H groups in total. The van der Waals surface area contributed by atoms with E-state index in [0.717, 1.165) is 77.8 Å². The summed E-state index contributed by atoms with van der Waals surface area (Å²) in [6.07, 6.45) is 0. The van der Waals surface area contributed by atoms with E-state index in [1.54, 1.807) is 22.7 Å². The van der Waals surface area contributed by atoms with Crippen LogP contribution in [0.2, 0.25) is 0 Å². The van der Waals surface area contributed by atoms with Gasteiger partial charge in [-0.25, -0.2) is 9.97 Å². The summed E-state index contributed by atoms with van der Waals surface area (Å²) < 4.78 is 0. The number of anilines is 6. The van der Waals surface area contributed by atoms with Gasteiger partial charge in [0.05, 0.1) is 11.4 Å². The highest BCUT2D eigenvalue weighted by atomic mass is 32.1. The monoisotopic (exact) mass is 710 g/mol. The van der Waals surface area contributed by atoms with Crippen LogP contribution in [0.1, 0.15) is 21.1 Å². The van der Waals surface area contributed by atoms with Crippen molar-refractivity contribution < 1.29 is 0 Å². The van der Waals surface area contributed by atoms with E-state index in [2.05, 4.69) is 195 Å². The molecule has 0 atom stereocenters. The first-order valence-corrected chi connectivity index (χ1v) is 19.0. The molecular weight excluding hydrogens is 673 g/mol. The number of hydrogen-bond donors (Lipinski definition) is 0. The highest BCUT2D eigenvalue weighted by molar-refractivity contribution is 7.15. The van der Waals surface area contributed by atoms with Gasteiger partial charge in [0.2, 0.25) is 0 Å². The maximum atomic E-state index is 4.77. The van der Waals surface area contributed by atoms with Gasteiger partial charge in [-0.2, -0.15) is 0 Å². The van der Waals surface area contributed by atoms with Crippen LogP contribution in [0.25, 0.3) is 32.3 Å². The van der Waals surface area contributed by atoms with Gasteiger partial charge in [0.25, 0.3) is 0 Å². The van der Waals surface area contributed by atoms with Crippen LogP contribution in [0.5, 0.6) is 0 Å². The van der Waals surface area contributed by atoms with Crippen LogP contribution >= 0.6 is 22.7 Å². The number of para-hydroxylation sites is 2. The summed E-state index contributed by atoms with van der Waals surface area (Å²) in [5, 5.41) is 2.12. The Morgan fingerprint density at radius 3 is 0.865 bits per heavy atom. The molecule has 0 aliphatic rings. The molecule has 0 spiro atoms. The largest absolute Gasteiger partial charge is 0.311 e. The Balaban J connectivity index is 1.07. The summed E-state index contributed by atoms with van der Waals surface area (Å²) in [4.78, 5) is 16.7. The lowest BCUT2D eigenvalue weighted by atomic mass is 10.0. The fourth-order valence-electron chi connectivity index (χ4n) is 6.35. The van der Waals surface area contributed by atoms with Crippen molar-refractivity contribution in [2.24, 2.45) is 0 Å². The molecule has 2 heterocycles. The zero-order chi connectivity index (χ0) is 35.6. The highest BCUT2D eigenvalue weighted by Gasteiger charge is 2.16. The minimum absolute atomic E-state index is 1.06. The molecule has 0 saturated carbocycles. The van der Waals surface area contributed by atoms with Crippen molar-refractivity contribution in [3.8, 4) is 32.3 Å². The second-order valence-electron chi connectivity index (χ2n) is 12.9. The molecule has 52 heavy (non-hydrogen) atoms. The number of hydrogen-bond acceptors (Lipinski definition) is 6. The number of thiazole rings is 2. The Hall–Kier alpha value is -5.82. The fourth-order valence-corrected chi connectivity index (χ4v) is 8.19. The summed E-state index contributed by atoms with van der Waals surface area (Å²) in [6, 6.07) is 56.2. The van der Waals surface area contributed by atoms with E-state index in [0.29, 0.717) is 0 Å². The van der Waals surface area contributed by atoms with Crippen molar-refractivity contribution in [1.82, 2.24) is 9.97 Å². The van der Waals surface area contributed by atoms with Crippen LogP contribution in [0.15, 0.2) is 158 Å². The average Bonchev–Trinajstić information content (AvgIpc) is 3.72. The molecule has 0 unspecified atom stereocenters. The Morgan fingerprint density at radius 1 is 0.327 bits per heavy atom. The summed E-state index contributed by atoms with van der Waals surface area (Å²) >= 11 is 3.49. The smallest absolute Gasteiger partial charge is 0.123 e. The maximum Gasteiger partial charge on any atom is 0.123 e. The number of benzene rings is 6. The summed E-state index contributed by atoms with van der Waals surface area (Å²) in [5.41, 5.74) is 13.4. The lowest BCUT2D eigenvalue weighted by Gasteiger charge is -2.26. The predicted octanol–water partition coefficient (Wildman–Crippen LogP) is 13.8. The number of aryl methyl sites for hydroxylation is 4. The van der Waals surface area contributed by atoms with Gasteiger partial charge in [-0.05, 0) is 136 Å². The van der Waals surface area contributed by atoms with Crippen LogP contribution < -0.4 is 9.80 Å². The van der Waals surface area contributed by atoms with Crippen molar-refractivity contribution >= 4 is 56.8 Å². The van der Waals surface area contributed by atoms with Crippen molar-refractivity contribution in [1.29, 1.82) is 0 Å². The first-order chi connectivity index (χ1) is 25.4. The van der Waals surface area contributed by atoms with Crippen LogP contribution in [-0.4, -0.2) is 9.97 Å². The zero-order valence-electron chi connectivity index (χ0n) is 29.6. The van der Waals surface area contributed by atoms with Gasteiger partial charge < -0.3 is 9.80 Å². The molecule has 8 aromatic rings. The molecule has 0 aliphatic heterocycles. The van der Waals surface area contributed by atoms with Crippen molar-refractivity contribution in [2.45, 2.75) is 27.7 Å². The highest BCUT2D eigenvalue weighted by Crippen LogP contribution is 2.39. The first kappa shape index (κ1) is 33.3. The van der Waals surface area contributed by atoms with Gasteiger partial charge in [-0.1, -0.05) is 60.7 Å². The molecule has 0 saturated heterocycles. The van der Waals surface area contributed by atoms with Crippen molar-refractivity contribution in [3.05, 3.63) is 179 Å². The van der Waals surface area contributed by atoms with Gasteiger partial charge in [-0.3, -0.25) is 0 Å². The molecule has 0 amide bonds. The van der Waals surface area contributed by atoms with Gasteiger partial charge in [0.15, 0.2) is 0 Å². The lowest BCUT2D eigenvalue weighted by molar-refractivity contribution is 1.23. The first-order valence-electron chi connectivity index (χ1n) is 17.4. The molecule has 4 nitrogen and oxygen atoms in total. The van der Waals surface area contributed by atoms with E-state index >= 15 is 0 Å². The number of rotatable bonds is 9. The molecule has 0 bridgehead atoms. The minimum Gasteiger partial charge on any atom is -0.311 e. The summed E-state index contributed by atoms with van der Waals surface area (Å²) in [7, 11) is 0. The topological polar surface area (TPSA) is 32.3 Å². The third-order valence-electron chi connectivity index (χ3n) is 9.42. The van der Waals surface area contributed by atoms with Gasteiger partial charge in [0.1, 0.15) is 10.0 Å². The molecule has 6 heteroatoms. The Labute approximate surface area is 314 Å². The molecule has 0 radical (unpaired) electrons. The average molecular weight is 711 g/mol. The summed E-state index contributed by atoms with van der Waals surface area (Å²) in [5.74, 6) is 0. The van der Waals surface area contributed by atoms with Crippen molar-refractivity contribution in [3.63, 3.8) is 0 Å². The molecular formula is C46H38N4S2. The number of nitrogens with zero attached hydrogens (tertiary/aromatic N) is 4. The van der Waals surface area contributed by atoms with Crippen LogP contribution in [0.4, 0.5) is 34.1 Å². The normalized spacial score (nSPS) is 11.1. The predicted molar refractivity (Wildman–Crippen MR) is 222 cm³/mol. The van der Waals surface area contributed by atoms with E-state index in [1.807, 2.05) is 0 Å². The molecule has 8 rings (SSSR count). The SMILES string of the molecule is Cc1nc(-c2ccc(N(c3ccccc3)c3ccc(-c4ccc(N(c5ccccc5)c5ccc(-c6nc(C)c(C)s6)cc5)cc4)cc3)cc2)sc1C. The lowest BCUT2D eigenvalue weighted by Crippen LogP contribution is -2.10. The molecule has 0 aliphatic carbocycles. The van der Waals surface area contributed by atoms with E-state index in [4.69, 9.17) is 9.97 Å². The van der Waals surface area contributed by atoms with Crippen LogP contribution in [0, 0.1) is 27.7 Å². The molecule has 254 valence electrons. The van der Waals surface area contributed by atoms with Crippen LogP contribution in [-0.2, 0) is 0 Å². The Kier molecular flexibility index (Phi) is 9.25. The Bertz CT molecular complexity index is 2200. The van der Waals surface area contributed by atoms with Gasteiger partial charge in [-0.15, -0.1) is 22.7 Å². The maximum absolute atomic E-state index is 4.77. The minimum atomic E-state index is 1.06. The standard InChI is InChI=1S/C46H38N4S2/c1-31-33(3)51-45(47-31)37-19-27-43(28-20-37)49(39-11-7-5-8-12-39)41-23-15-35(16-24-41)36-17-25-42(26-18-36)50(40-13-9-6-10-14-40)44-29-21-38(22-30-44)46-48-32(2)34(4)52-46/h5-30H,1-4H3. The third kappa shape index (κ3) is 6.79. The second-order valence-corrected chi connectivity index (χ2v) is 15.3. The number of aromatic nitrogens is 2. The van der Waals surface area contributed by atoms with Crippen LogP contribution in [0.3, 0.4) is 0 Å². The molecule has 2 aromatic heterocycles. The molecule has 0 fully saturated rings. The van der Waals surface area contributed by atoms with E-state index in [1.165, 1.54) is 9.75 Å². The fraction of sp³-hybridized carbons (Fsp3) is 0.0870. The van der Waals surface area contributed by atoms with E-state index in [-0.39, 0.29) is 0 Å². The quantitative estimate of drug-likeness (QED) is 0.149. The van der Waals surface area contributed by atoms with E-state index < -0.39 is 0 Å². The van der Waals surface area contributed by atoms with Gasteiger partial charge >= 0.3 is 0 Å². The van der Waals surface area contributed by atoms with Gasteiger partial charge in [0, 0.05) is 55.0 Å². The second kappa shape index (κ2) is 14.4. The van der Waals surface area contributed by atoms with E-state index in [9.17, 15) is 0 Å². The molecule has 6 aromatic carbocycles. The summed E-state index contributed by atoms with van der Waals surface area (Å²) in [6.45, 7) is 8.41. The zero-order valence-corrected chi connectivity index (χ0v) is 31.2. The third-order valence-corrected chi connectivity index (χ3v) is 11.7. The Morgan fingerprint density at radius 2 is 0.596 bits per heavy atom. The van der Waals surface area contributed by atoms with Crippen molar-refractivity contribution in [2.75, 3.05) is 9.80 Å².